The normalized spacial score (nSPS) is 10.4. The van der Waals surface area contributed by atoms with Crippen molar-refractivity contribution in [3.8, 4) is 5.75 Å². The van der Waals surface area contributed by atoms with Gasteiger partial charge in [-0.1, -0.05) is 103 Å². The molecule has 0 heterocycles. The van der Waals surface area contributed by atoms with Gasteiger partial charge in [-0.2, -0.15) is 0 Å². The molecule has 0 aliphatic rings. The maximum Gasteiger partial charge on any atom is 0.341 e. The summed E-state index contributed by atoms with van der Waals surface area (Å²) < 4.78 is 5.22. The highest BCUT2D eigenvalue weighted by atomic mass is 24.3. The molecule has 1 N–H and O–H groups in total. The lowest BCUT2D eigenvalue weighted by molar-refractivity contribution is 0.0494. The highest BCUT2D eigenvalue weighted by Gasteiger charge is 2.10. The fourth-order valence-electron chi connectivity index (χ4n) is 3.19. The first-order valence-electron chi connectivity index (χ1n) is 10.7. The summed E-state index contributed by atoms with van der Waals surface area (Å²) in [5, 5.41) is 9.61. The molecule has 0 atom stereocenters. The number of unbranched alkanes of at least 4 members (excludes halogenated alkanes) is 13. The second-order valence-corrected chi connectivity index (χ2v) is 7.25. The van der Waals surface area contributed by atoms with Crippen LogP contribution < -0.4 is 0 Å². The Morgan fingerprint density at radius 2 is 1.22 bits per heavy atom. The zero-order chi connectivity index (χ0) is 18.9. The highest BCUT2D eigenvalue weighted by molar-refractivity contribution is 5.92. The van der Waals surface area contributed by atoms with E-state index in [9.17, 15) is 9.90 Å². The third kappa shape index (κ3) is 14.0. The summed E-state index contributed by atoms with van der Waals surface area (Å²) in [5.41, 5.74) is 0.248. The van der Waals surface area contributed by atoms with Crippen LogP contribution in [-0.4, -0.2) is 40.7 Å². The minimum Gasteiger partial charge on any atom is -0.507 e. The average Bonchev–Trinajstić information content (AvgIpc) is 2.65. The van der Waals surface area contributed by atoms with Gasteiger partial charge >= 0.3 is 5.97 Å². The van der Waals surface area contributed by atoms with Gasteiger partial charge in [-0.15, -0.1) is 0 Å². The lowest BCUT2D eigenvalue weighted by Gasteiger charge is -2.06. The van der Waals surface area contributed by atoms with Gasteiger partial charge < -0.3 is 9.84 Å². The molecule has 1 aromatic carbocycles. The quantitative estimate of drug-likeness (QED) is 0.196. The van der Waals surface area contributed by atoms with Crippen molar-refractivity contribution in [2.75, 3.05) is 6.61 Å². The summed E-state index contributed by atoms with van der Waals surface area (Å²) in [6.07, 6.45) is 18.3. The summed E-state index contributed by atoms with van der Waals surface area (Å²) >= 11 is 0. The molecular formula is C23H38MgO3. The topological polar surface area (TPSA) is 46.5 Å². The number of benzene rings is 1. The number of carbonyl (C=O) groups is 1. The Hall–Kier alpha value is -0.744. The van der Waals surface area contributed by atoms with E-state index in [-0.39, 0.29) is 34.4 Å². The highest BCUT2D eigenvalue weighted by Crippen LogP contribution is 2.17. The molecule has 0 aromatic heterocycles. The third-order valence-electron chi connectivity index (χ3n) is 4.86. The monoisotopic (exact) mass is 386 g/mol. The third-order valence-corrected chi connectivity index (χ3v) is 4.86. The van der Waals surface area contributed by atoms with Crippen molar-refractivity contribution in [2.45, 2.75) is 96.8 Å². The summed E-state index contributed by atoms with van der Waals surface area (Å²) in [5.74, 6) is -0.448. The van der Waals surface area contributed by atoms with Crippen LogP contribution in [0.4, 0.5) is 0 Å². The number of para-hydroxylation sites is 1. The number of carbonyl (C=O) groups excluding carboxylic acids is 1. The number of phenols is 1. The molecule has 150 valence electrons. The molecule has 0 bridgehead atoms. The van der Waals surface area contributed by atoms with E-state index in [2.05, 4.69) is 6.92 Å². The van der Waals surface area contributed by atoms with Crippen LogP contribution in [-0.2, 0) is 4.74 Å². The molecule has 3 nitrogen and oxygen atoms in total. The van der Waals surface area contributed by atoms with Gasteiger partial charge in [0.1, 0.15) is 11.3 Å². The molecule has 1 aromatic rings. The van der Waals surface area contributed by atoms with Crippen LogP contribution in [0.3, 0.4) is 0 Å². The first kappa shape index (κ1) is 26.3. The zero-order valence-corrected chi connectivity index (χ0v) is 18.8. The molecular weight excluding hydrogens is 349 g/mol. The van der Waals surface area contributed by atoms with E-state index < -0.39 is 5.97 Å². The standard InChI is InChI=1S/C23H38O3.Mg/c1-2-3-4-5-6-7-8-9-10-11-12-13-14-17-20-26-23(25)21-18-15-16-19-22(21)24;/h15-16,18-19,24H,2-14,17,20H2,1H3;. The fraction of sp³-hybridized carbons (Fsp3) is 0.696. The van der Waals surface area contributed by atoms with Crippen LogP contribution in [0.15, 0.2) is 24.3 Å². The SMILES string of the molecule is CCCCCCCCCCCCCCCCOC(=O)c1ccccc1O.[Mg]. The Kier molecular flexibility index (Phi) is 18.1. The van der Waals surface area contributed by atoms with Gasteiger partial charge in [0.25, 0.3) is 0 Å². The van der Waals surface area contributed by atoms with Crippen molar-refractivity contribution < 1.29 is 14.6 Å². The number of phenolic OH excluding ortho intramolecular Hbond substituents is 1. The van der Waals surface area contributed by atoms with E-state index >= 15 is 0 Å². The van der Waals surface area contributed by atoms with Gasteiger partial charge in [0.05, 0.1) is 6.61 Å². The molecule has 0 saturated heterocycles. The van der Waals surface area contributed by atoms with Gasteiger partial charge in [0.15, 0.2) is 0 Å². The van der Waals surface area contributed by atoms with Crippen molar-refractivity contribution in [3.05, 3.63) is 29.8 Å². The molecule has 2 radical (unpaired) electrons. The molecule has 1 rings (SSSR count). The molecule has 0 aliphatic heterocycles. The van der Waals surface area contributed by atoms with Crippen LogP contribution in [0.5, 0.6) is 5.75 Å². The van der Waals surface area contributed by atoms with Gasteiger partial charge in [-0.3, -0.25) is 0 Å². The summed E-state index contributed by atoms with van der Waals surface area (Å²) in [6.45, 7) is 2.70. The van der Waals surface area contributed by atoms with E-state index in [1.54, 1.807) is 18.2 Å². The van der Waals surface area contributed by atoms with E-state index in [0.717, 1.165) is 12.8 Å². The molecule has 0 unspecified atom stereocenters. The van der Waals surface area contributed by atoms with Crippen molar-refractivity contribution in [1.82, 2.24) is 0 Å². The van der Waals surface area contributed by atoms with Crippen LogP contribution in [0.1, 0.15) is 107 Å². The molecule has 27 heavy (non-hydrogen) atoms. The van der Waals surface area contributed by atoms with Crippen LogP contribution in [0, 0.1) is 0 Å². The van der Waals surface area contributed by atoms with Crippen molar-refractivity contribution in [2.24, 2.45) is 0 Å². The fourth-order valence-corrected chi connectivity index (χ4v) is 3.19. The second-order valence-electron chi connectivity index (χ2n) is 7.25. The van der Waals surface area contributed by atoms with Crippen LogP contribution >= 0.6 is 0 Å². The Morgan fingerprint density at radius 1 is 0.778 bits per heavy atom. The summed E-state index contributed by atoms with van der Waals surface area (Å²) in [6, 6.07) is 6.51. The van der Waals surface area contributed by atoms with Gasteiger partial charge in [-0.25, -0.2) is 4.79 Å². The van der Waals surface area contributed by atoms with E-state index in [1.165, 1.54) is 83.1 Å². The number of hydrogen-bond acceptors (Lipinski definition) is 3. The first-order chi connectivity index (χ1) is 12.8. The van der Waals surface area contributed by atoms with Gasteiger partial charge in [0, 0.05) is 23.1 Å². The zero-order valence-electron chi connectivity index (χ0n) is 17.4. The molecule has 0 aliphatic carbocycles. The average molecular weight is 387 g/mol. The molecule has 4 heteroatoms. The van der Waals surface area contributed by atoms with Crippen LogP contribution in [0.25, 0.3) is 0 Å². The predicted octanol–water partition coefficient (Wildman–Crippen LogP) is 6.65. The lowest BCUT2D eigenvalue weighted by Crippen LogP contribution is -2.06. The maximum absolute atomic E-state index is 11.8. The Morgan fingerprint density at radius 3 is 1.70 bits per heavy atom. The minimum atomic E-state index is -0.433. The predicted molar refractivity (Wildman–Crippen MR) is 114 cm³/mol. The molecule has 0 saturated carbocycles. The molecule has 0 fully saturated rings. The van der Waals surface area contributed by atoms with E-state index in [0.29, 0.717) is 6.61 Å². The van der Waals surface area contributed by atoms with E-state index in [4.69, 9.17) is 4.74 Å². The first-order valence-corrected chi connectivity index (χ1v) is 10.7. The van der Waals surface area contributed by atoms with Crippen molar-refractivity contribution >= 4 is 29.0 Å². The van der Waals surface area contributed by atoms with Gasteiger partial charge in [-0.05, 0) is 18.6 Å². The second kappa shape index (κ2) is 18.6. The Labute approximate surface area is 182 Å². The summed E-state index contributed by atoms with van der Waals surface area (Å²) in [7, 11) is 0. The Balaban J connectivity index is 0.00000676. The smallest absolute Gasteiger partial charge is 0.341 e. The number of hydrogen-bond donors (Lipinski definition) is 1. The summed E-state index contributed by atoms with van der Waals surface area (Å²) in [4.78, 5) is 11.8. The number of ether oxygens (including phenoxy) is 1. The number of aromatic hydroxyl groups is 1. The molecule has 0 spiro atoms. The number of rotatable bonds is 16. The van der Waals surface area contributed by atoms with Gasteiger partial charge in [0.2, 0.25) is 0 Å². The minimum absolute atomic E-state index is 0. The van der Waals surface area contributed by atoms with Crippen molar-refractivity contribution in [3.63, 3.8) is 0 Å². The number of esters is 1. The maximum atomic E-state index is 11.8. The largest absolute Gasteiger partial charge is 0.507 e. The molecule has 0 amide bonds. The van der Waals surface area contributed by atoms with Crippen molar-refractivity contribution in [1.29, 1.82) is 0 Å². The lowest BCUT2D eigenvalue weighted by atomic mass is 10.0. The van der Waals surface area contributed by atoms with E-state index in [1.807, 2.05) is 0 Å². The Bertz CT molecular complexity index is 476. The van der Waals surface area contributed by atoms with Crippen LogP contribution in [0.2, 0.25) is 0 Å².